The molecule has 0 spiro atoms. The van der Waals surface area contributed by atoms with E-state index in [9.17, 15) is 0 Å². The van der Waals surface area contributed by atoms with E-state index in [1.807, 2.05) is 48.5 Å². The molecule has 0 aliphatic carbocycles. The minimum Gasteiger partial charge on any atom is -0.443 e. The van der Waals surface area contributed by atoms with Gasteiger partial charge in [-0.3, -0.25) is 0 Å². The minimum absolute atomic E-state index is 0.710. The van der Waals surface area contributed by atoms with E-state index in [1.54, 1.807) is 0 Å². The third-order valence-electron chi connectivity index (χ3n) is 9.09. The number of hydrogen-bond donors (Lipinski definition) is 0. The van der Waals surface area contributed by atoms with Crippen LogP contribution >= 0.6 is 0 Å². The van der Waals surface area contributed by atoms with Gasteiger partial charge in [0.25, 0.3) is 0 Å². The fourth-order valence-corrected chi connectivity index (χ4v) is 6.58. The lowest BCUT2D eigenvalue weighted by Crippen LogP contribution is -1.96. The van der Waals surface area contributed by atoms with Crippen molar-refractivity contribution < 1.29 is 4.42 Å². The molecule has 0 amide bonds. The monoisotopic (exact) mass is 627 g/mol. The van der Waals surface area contributed by atoms with Gasteiger partial charge in [-0.05, 0) is 62.4 Å². The average molecular weight is 628 g/mol. The molecule has 0 radical (unpaired) electrons. The first-order valence-electron chi connectivity index (χ1n) is 16.3. The van der Waals surface area contributed by atoms with E-state index >= 15 is 0 Å². The molecule has 4 nitrogen and oxygen atoms in total. The highest BCUT2D eigenvalue weighted by Gasteiger charge is 2.15. The second kappa shape index (κ2) is 12.2. The van der Waals surface area contributed by atoms with E-state index in [4.69, 9.17) is 14.4 Å². The van der Waals surface area contributed by atoms with Crippen molar-refractivity contribution in [3.8, 4) is 67.3 Å². The maximum Gasteiger partial charge on any atom is 0.181 e. The predicted molar refractivity (Wildman–Crippen MR) is 200 cm³/mol. The van der Waals surface area contributed by atoms with Gasteiger partial charge in [0.2, 0.25) is 0 Å². The average Bonchev–Trinajstić information content (AvgIpc) is 3.66. The summed E-state index contributed by atoms with van der Waals surface area (Å²) in [6.07, 6.45) is 1.49. The van der Waals surface area contributed by atoms with Crippen LogP contribution in [0.4, 0.5) is 0 Å². The summed E-state index contributed by atoms with van der Waals surface area (Å²) in [5.41, 5.74) is 13.4. The summed E-state index contributed by atoms with van der Waals surface area (Å²) >= 11 is 0. The second-order valence-corrected chi connectivity index (χ2v) is 12.1. The lowest BCUT2D eigenvalue weighted by Gasteiger charge is -2.15. The number of oxazole rings is 1. The summed E-state index contributed by atoms with van der Waals surface area (Å²) in [4.78, 5) is 14.2. The van der Waals surface area contributed by atoms with Crippen molar-refractivity contribution in [3.05, 3.63) is 176 Å². The molecule has 0 saturated heterocycles. The molecule has 9 aromatic rings. The zero-order valence-corrected chi connectivity index (χ0v) is 26.5. The summed E-state index contributed by atoms with van der Waals surface area (Å²) in [7, 11) is 0. The summed E-state index contributed by atoms with van der Waals surface area (Å²) in [6.45, 7) is 0. The highest BCUT2D eigenvalue weighted by Crippen LogP contribution is 2.40. The first-order chi connectivity index (χ1) is 24.3. The SMILES string of the molecule is c1ccc(-c2cc(-c3ccc(-c4ccc5ccccc5c4-c4ccc(-c5ccc6ncoc6c5)cc4)cc3)nc(-c3ccccc3)n2)cc1. The summed E-state index contributed by atoms with van der Waals surface area (Å²) < 4.78 is 5.56. The van der Waals surface area contributed by atoms with E-state index in [2.05, 4.69) is 126 Å². The van der Waals surface area contributed by atoms with Gasteiger partial charge in [-0.1, -0.05) is 152 Å². The Morgan fingerprint density at radius 3 is 1.76 bits per heavy atom. The van der Waals surface area contributed by atoms with Crippen molar-refractivity contribution in [1.82, 2.24) is 15.0 Å². The molecule has 230 valence electrons. The van der Waals surface area contributed by atoms with Crippen LogP contribution in [-0.2, 0) is 0 Å². The van der Waals surface area contributed by atoms with Crippen LogP contribution in [0.25, 0.3) is 89.2 Å². The molecule has 0 atom stereocenters. The maximum atomic E-state index is 5.56. The Morgan fingerprint density at radius 1 is 0.408 bits per heavy atom. The molecule has 4 heteroatoms. The van der Waals surface area contributed by atoms with Crippen molar-refractivity contribution in [2.75, 3.05) is 0 Å². The third kappa shape index (κ3) is 5.45. The largest absolute Gasteiger partial charge is 0.443 e. The number of nitrogens with zero attached hydrogens (tertiary/aromatic N) is 3. The molecule has 0 fully saturated rings. The number of fused-ring (bicyclic) bond motifs is 2. The fourth-order valence-electron chi connectivity index (χ4n) is 6.58. The highest BCUT2D eigenvalue weighted by molar-refractivity contribution is 6.04. The lowest BCUT2D eigenvalue weighted by atomic mass is 9.88. The Hall–Kier alpha value is -6.65. The van der Waals surface area contributed by atoms with E-state index in [1.165, 1.54) is 28.3 Å². The molecular weight excluding hydrogens is 599 g/mol. The normalized spacial score (nSPS) is 11.3. The van der Waals surface area contributed by atoms with Gasteiger partial charge in [0, 0.05) is 16.7 Å². The van der Waals surface area contributed by atoms with Crippen molar-refractivity contribution in [2.24, 2.45) is 0 Å². The molecule has 0 N–H and O–H groups in total. The Kier molecular flexibility index (Phi) is 7.10. The van der Waals surface area contributed by atoms with Crippen LogP contribution in [0.2, 0.25) is 0 Å². The van der Waals surface area contributed by atoms with Crippen LogP contribution in [0.5, 0.6) is 0 Å². The zero-order valence-electron chi connectivity index (χ0n) is 26.5. The van der Waals surface area contributed by atoms with Gasteiger partial charge >= 0.3 is 0 Å². The van der Waals surface area contributed by atoms with Crippen LogP contribution in [0.1, 0.15) is 0 Å². The molecule has 2 heterocycles. The van der Waals surface area contributed by atoms with Crippen LogP contribution in [0.15, 0.2) is 181 Å². The molecule has 0 saturated carbocycles. The van der Waals surface area contributed by atoms with E-state index in [0.717, 1.165) is 61.4 Å². The van der Waals surface area contributed by atoms with Crippen molar-refractivity contribution >= 4 is 21.9 Å². The number of aromatic nitrogens is 3. The van der Waals surface area contributed by atoms with Crippen LogP contribution in [0.3, 0.4) is 0 Å². The maximum absolute atomic E-state index is 5.56. The van der Waals surface area contributed by atoms with Gasteiger partial charge in [-0.25, -0.2) is 15.0 Å². The summed E-state index contributed by atoms with van der Waals surface area (Å²) in [5, 5.41) is 2.43. The molecule has 0 unspecified atom stereocenters. The molecule has 0 bridgehead atoms. The Labute approximate surface area is 284 Å². The Bertz CT molecular complexity index is 2520. The molecule has 0 aliphatic heterocycles. The molecular formula is C45H29N3O. The second-order valence-electron chi connectivity index (χ2n) is 12.1. The van der Waals surface area contributed by atoms with Gasteiger partial charge in [-0.2, -0.15) is 0 Å². The van der Waals surface area contributed by atoms with Crippen LogP contribution < -0.4 is 0 Å². The zero-order chi connectivity index (χ0) is 32.6. The van der Waals surface area contributed by atoms with Crippen molar-refractivity contribution in [1.29, 1.82) is 0 Å². The Balaban J connectivity index is 1.12. The fraction of sp³-hybridized carbons (Fsp3) is 0. The number of rotatable bonds is 6. The highest BCUT2D eigenvalue weighted by atomic mass is 16.3. The van der Waals surface area contributed by atoms with Gasteiger partial charge in [0.05, 0.1) is 11.4 Å². The molecule has 2 aromatic heterocycles. The summed E-state index contributed by atoms with van der Waals surface area (Å²) in [6, 6.07) is 59.3. The third-order valence-corrected chi connectivity index (χ3v) is 9.09. The first kappa shape index (κ1) is 28.6. The Morgan fingerprint density at radius 2 is 1.00 bits per heavy atom. The van der Waals surface area contributed by atoms with E-state index < -0.39 is 0 Å². The number of benzene rings is 7. The van der Waals surface area contributed by atoms with Crippen molar-refractivity contribution in [3.63, 3.8) is 0 Å². The number of hydrogen-bond acceptors (Lipinski definition) is 4. The van der Waals surface area contributed by atoms with E-state index in [0.29, 0.717) is 5.82 Å². The molecule has 0 aliphatic rings. The first-order valence-corrected chi connectivity index (χ1v) is 16.3. The molecule has 7 aromatic carbocycles. The van der Waals surface area contributed by atoms with Crippen molar-refractivity contribution in [2.45, 2.75) is 0 Å². The smallest absolute Gasteiger partial charge is 0.181 e. The molecule has 9 rings (SSSR count). The quantitative estimate of drug-likeness (QED) is 0.184. The van der Waals surface area contributed by atoms with Gasteiger partial charge < -0.3 is 4.42 Å². The van der Waals surface area contributed by atoms with Gasteiger partial charge in [0.15, 0.2) is 17.8 Å². The van der Waals surface area contributed by atoms with Crippen LogP contribution in [0, 0.1) is 0 Å². The van der Waals surface area contributed by atoms with E-state index in [-0.39, 0.29) is 0 Å². The summed E-state index contributed by atoms with van der Waals surface area (Å²) in [5.74, 6) is 0.710. The van der Waals surface area contributed by atoms with Gasteiger partial charge in [-0.15, -0.1) is 0 Å². The van der Waals surface area contributed by atoms with Crippen LogP contribution in [-0.4, -0.2) is 15.0 Å². The lowest BCUT2D eigenvalue weighted by molar-refractivity contribution is 0.602. The van der Waals surface area contributed by atoms with Gasteiger partial charge in [0.1, 0.15) is 5.52 Å². The topological polar surface area (TPSA) is 51.8 Å². The minimum atomic E-state index is 0.710. The predicted octanol–water partition coefficient (Wildman–Crippen LogP) is 11.8. The standard InChI is InChI=1S/C45H29N3O/c1-3-10-33(11-4-1)41-28-42(48-45(47-41)36-12-5-2-6-13-36)34-19-17-32(18-20-34)39-25-23-31-9-7-8-14-38(31)44(39)35-21-15-30(16-22-35)37-24-26-40-43(27-37)49-29-46-40/h1-29H. The molecule has 49 heavy (non-hydrogen) atoms.